The smallest absolute Gasteiger partial charge is 0.254 e. The maximum absolute atomic E-state index is 13.4. The molecule has 0 N–H and O–H groups in total. The molecule has 2 amide bonds. The average Bonchev–Trinajstić information content (AvgIpc) is 3.58. The molecule has 36 heavy (non-hydrogen) atoms. The van der Waals surface area contributed by atoms with Crippen molar-refractivity contribution in [1.82, 2.24) is 14.7 Å². The number of carbonyl (C=O) groups is 2. The van der Waals surface area contributed by atoms with Crippen LogP contribution in [0.2, 0.25) is 5.02 Å². The van der Waals surface area contributed by atoms with Crippen LogP contribution in [0, 0.1) is 0 Å². The normalized spacial score (nSPS) is 19.3. The topological polar surface area (TPSA) is 62.3 Å². The Morgan fingerprint density at radius 1 is 0.917 bits per heavy atom. The molecule has 0 bridgehead atoms. The number of nitrogens with zero attached hydrogens (tertiary/aromatic N) is 3. The molecule has 9 heteroatoms. The molecule has 0 saturated carbocycles. The van der Waals surface area contributed by atoms with E-state index in [-0.39, 0.29) is 24.6 Å². The Morgan fingerprint density at radius 3 is 2.47 bits per heavy atom. The van der Waals surface area contributed by atoms with Crippen LogP contribution in [0.3, 0.4) is 0 Å². The van der Waals surface area contributed by atoms with Gasteiger partial charge in [0.15, 0.2) is 11.5 Å². The molecule has 6 rings (SSSR count). The minimum Gasteiger partial charge on any atom is -0.454 e. The van der Waals surface area contributed by atoms with Gasteiger partial charge in [0.05, 0.1) is 12.6 Å². The summed E-state index contributed by atoms with van der Waals surface area (Å²) >= 11 is 7.92. The second kappa shape index (κ2) is 9.76. The van der Waals surface area contributed by atoms with Gasteiger partial charge in [-0.1, -0.05) is 23.7 Å². The first-order chi connectivity index (χ1) is 17.6. The van der Waals surface area contributed by atoms with Gasteiger partial charge >= 0.3 is 0 Å². The van der Waals surface area contributed by atoms with Gasteiger partial charge in [0.2, 0.25) is 12.7 Å². The monoisotopic (exact) mass is 523 g/mol. The van der Waals surface area contributed by atoms with Gasteiger partial charge < -0.3 is 19.3 Å². The maximum atomic E-state index is 13.4. The van der Waals surface area contributed by atoms with Crippen molar-refractivity contribution in [3.05, 3.63) is 80.5 Å². The molecule has 1 fully saturated rings. The fraction of sp³-hybridized carbons (Fsp3) is 0.333. The van der Waals surface area contributed by atoms with Crippen LogP contribution in [0.25, 0.3) is 0 Å². The van der Waals surface area contributed by atoms with E-state index >= 15 is 0 Å². The van der Waals surface area contributed by atoms with Crippen molar-refractivity contribution in [1.29, 1.82) is 0 Å². The van der Waals surface area contributed by atoms with Crippen LogP contribution in [-0.2, 0) is 11.2 Å². The molecule has 0 unspecified atom stereocenters. The molecular weight excluding hydrogens is 498 g/mol. The number of halogens is 1. The second-order valence-electron chi connectivity index (χ2n) is 9.21. The standard InChI is InChI=1S/C27H26ClN3O4S/c28-20-4-1-18(2-5-20)26-21-8-14-36-24(21)7-9-31(26)16-25(32)29-10-12-30(13-11-29)27(33)19-3-6-22-23(15-19)35-17-34-22/h1-6,8,14-15,26H,7,9-13,16-17H2/t26-/m0/s1. The SMILES string of the molecule is O=C(CN1CCc2sccc2[C@@H]1c1ccc(Cl)cc1)N1CCN(C(=O)c2ccc3c(c2)OCO3)CC1. The summed E-state index contributed by atoms with van der Waals surface area (Å²) in [5, 5.41) is 2.84. The van der Waals surface area contributed by atoms with Crippen LogP contribution in [0.1, 0.15) is 32.4 Å². The van der Waals surface area contributed by atoms with E-state index in [1.807, 2.05) is 17.0 Å². The Labute approximate surface area is 218 Å². The van der Waals surface area contributed by atoms with Crippen molar-refractivity contribution >= 4 is 34.8 Å². The van der Waals surface area contributed by atoms with Crippen LogP contribution in [0.4, 0.5) is 0 Å². The number of ether oxygens (including phenoxy) is 2. The lowest BCUT2D eigenvalue weighted by molar-refractivity contribution is -0.134. The van der Waals surface area contributed by atoms with E-state index < -0.39 is 0 Å². The van der Waals surface area contributed by atoms with Gasteiger partial charge in [-0.05, 0) is 59.3 Å². The van der Waals surface area contributed by atoms with Crippen molar-refractivity contribution in [3.8, 4) is 11.5 Å². The van der Waals surface area contributed by atoms with Crippen molar-refractivity contribution in [3.63, 3.8) is 0 Å². The molecule has 3 aromatic rings. The van der Waals surface area contributed by atoms with Gasteiger partial charge in [-0.15, -0.1) is 11.3 Å². The van der Waals surface area contributed by atoms with Gasteiger partial charge in [0, 0.05) is 48.2 Å². The van der Waals surface area contributed by atoms with Gasteiger partial charge in [0.1, 0.15) is 0 Å². The minimum atomic E-state index is -0.0516. The van der Waals surface area contributed by atoms with E-state index in [1.54, 1.807) is 34.4 Å². The maximum Gasteiger partial charge on any atom is 0.254 e. The molecule has 1 atom stereocenters. The van der Waals surface area contributed by atoms with Gasteiger partial charge in [0.25, 0.3) is 5.91 Å². The molecule has 4 heterocycles. The summed E-state index contributed by atoms with van der Waals surface area (Å²) in [6.07, 6.45) is 0.947. The lowest BCUT2D eigenvalue weighted by Gasteiger charge is -2.39. The number of amides is 2. The molecule has 7 nitrogen and oxygen atoms in total. The molecule has 1 saturated heterocycles. The van der Waals surface area contributed by atoms with Crippen LogP contribution in [0.15, 0.2) is 53.9 Å². The third-order valence-corrected chi connectivity index (χ3v) is 8.38. The van der Waals surface area contributed by atoms with Crippen molar-refractivity contribution in [2.45, 2.75) is 12.5 Å². The number of rotatable bonds is 4. The fourth-order valence-corrected chi connectivity index (χ4v) is 6.25. The van der Waals surface area contributed by atoms with E-state index in [4.69, 9.17) is 21.1 Å². The van der Waals surface area contributed by atoms with Gasteiger partial charge in [-0.25, -0.2) is 0 Å². The second-order valence-corrected chi connectivity index (χ2v) is 10.7. The fourth-order valence-electron chi connectivity index (χ4n) is 5.22. The zero-order valence-electron chi connectivity index (χ0n) is 19.7. The first-order valence-corrected chi connectivity index (χ1v) is 13.3. The first kappa shape index (κ1) is 23.3. The van der Waals surface area contributed by atoms with Crippen molar-refractivity contribution < 1.29 is 19.1 Å². The Bertz CT molecular complexity index is 1290. The third-order valence-electron chi connectivity index (χ3n) is 7.13. The van der Waals surface area contributed by atoms with E-state index in [9.17, 15) is 9.59 Å². The first-order valence-electron chi connectivity index (χ1n) is 12.1. The zero-order valence-corrected chi connectivity index (χ0v) is 21.3. The lowest BCUT2D eigenvalue weighted by Crippen LogP contribution is -2.53. The highest BCUT2D eigenvalue weighted by Gasteiger charge is 2.33. The van der Waals surface area contributed by atoms with E-state index in [1.165, 1.54) is 10.4 Å². The quantitative estimate of drug-likeness (QED) is 0.516. The number of thiophene rings is 1. The summed E-state index contributed by atoms with van der Waals surface area (Å²) in [7, 11) is 0. The largest absolute Gasteiger partial charge is 0.454 e. The number of hydrogen-bond donors (Lipinski definition) is 0. The Balaban J connectivity index is 1.11. The summed E-state index contributed by atoms with van der Waals surface area (Å²) in [6, 6.07) is 15.4. The number of carbonyl (C=O) groups excluding carboxylic acids is 2. The molecule has 2 aromatic carbocycles. The van der Waals surface area contributed by atoms with Gasteiger partial charge in [-0.2, -0.15) is 0 Å². The average molecular weight is 524 g/mol. The summed E-state index contributed by atoms with van der Waals surface area (Å²) in [5.41, 5.74) is 3.00. The highest BCUT2D eigenvalue weighted by molar-refractivity contribution is 7.10. The predicted molar refractivity (Wildman–Crippen MR) is 138 cm³/mol. The van der Waals surface area contributed by atoms with E-state index in [2.05, 4.69) is 28.5 Å². The number of piperazine rings is 1. The molecule has 0 radical (unpaired) electrons. The lowest BCUT2D eigenvalue weighted by atomic mass is 9.93. The minimum absolute atomic E-state index is 0.0371. The number of fused-ring (bicyclic) bond motifs is 2. The number of hydrogen-bond acceptors (Lipinski definition) is 6. The van der Waals surface area contributed by atoms with E-state index in [0.29, 0.717) is 54.8 Å². The van der Waals surface area contributed by atoms with Crippen LogP contribution in [0.5, 0.6) is 11.5 Å². The molecule has 186 valence electrons. The Hall–Kier alpha value is -3.07. The molecular formula is C27H26ClN3O4S. The van der Waals surface area contributed by atoms with Crippen molar-refractivity contribution in [2.75, 3.05) is 46.1 Å². The summed E-state index contributed by atoms with van der Waals surface area (Å²) in [4.78, 5) is 33.7. The Kier molecular flexibility index (Phi) is 6.33. The van der Waals surface area contributed by atoms with Crippen LogP contribution < -0.4 is 9.47 Å². The van der Waals surface area contributed by atoms with Crippen LogP contribution in [-0.4, -0.2) is 72.6 Å². The number of benzene rings is 2. The summed E-state index contributed by atoms with van der Waals surface area (Å²) < 4.78 is 10.7. The van der Waals surface area contributed by atoms with Gasteiger partial charge in [-0.3, -0.25) is 14.5 Å². The predicted octanol–water partition coefficient (Wildman–Crippen LogP) is 4.06. The molecule has 0 aliphatic carbocycles. The highest BCUT2D eigenvalue weighted by Crippen LogP contribution is 2.38. The Morgan fingerprint density at radius 2 is 1.67 bits per heavy atom. The van der Waals surface area contributed by atoms with Crippen LogP contribution >= 0.6 is 22.9 Å². The molecule has 0 spiro atoms. The van der Waals surface area contributed by atoms with E-state index in [0.717, 1.165) is 18.5 Å². The van der Waals surface area contributed by atoms with Crippen molar-refractivity contribution in [2.24, 2.45) is 0 Å². The zero-order chi connectivity index (χ0) is 24.6. The highest BCUT2D eigenvalue weighted by atomic mass is 35.5. The third kappa shape index (κ3) is 4.45. The summed E-state index contributed by atoms with van der Waals surface area (Å²) in [6.45, 7) is 3.42. The summed E-state index contributed by atoms with van der Waals surface area (Å²) in [5.74, 6) is 1.30. The molecule has 1 aromatic heterocycles. The molecule has 3 aliphatic rings. The molecule has 3 aliphatic heterocycles.